The van der Waals surface area contributed by atoms with E-state index >= 15 is 0 Å². The van der Waals surface area contributed by atoms with Crippen molar-refractivity contribution in [1.82, 2.24) is 16.0 Å². The van der Waals surface area contributed by atoms with Crippen molar-refractivity contribution >= 4 is 35.6 Å². The van der Waals surface area contributed by atoms with Gasteiger partial charge in [0.05, 0.1) is 12.5 Å². The summed E-state index contributed by atoms with van der Waals surface area (Å²) >= 11 is 0. The van der Waals surface area contributed by atoms with E-state index in [0.29, 0.717) is 32.2 Å². The minimum atomic E-state index is -1.45. The number of nitrogens with two attached hydrogens (primary N) is 5. The van der Waals surface area contributed by atoms with Crippen LogP contribution in [-0.2, 0) is 24.0 Å². The minimum absolute atomic E-state index is 0.0775. The van der Waals surface area contributed by atoms with Crippen molar-refractivity contribution in [2.45, 2.75) is 83.0 Å². The van der Waals surface area contributed by atoms with Crippen molar-refractivity contribution in [3.8, 4) is 0 Å². The average molecular weight is 530 g/mol. The van der Waals surface area contributed by atoms with Crippen LogP contribution >= 0.6 is 0 Å². The molecule has 0 rings (SSSR count). The van der Waals surface area contributed by atoms with Gasteiger partial charge in [0.2, 0.25) is 23.6 Å². The summed E-state index contributed by atoms with van der Waals surface area (Å²) in [4.78, 5) is 65.4. The van der Waals surface area contributed by atoms with Crippen molar-refractivity contribution in [3.05, 3.63) is 0 Å². The van der Waals surface area contributed by atoms with Gasteiger partial charge < -0.3 is 49.7 Å². The van der Waals surface area contributed by atoms with Gasteiger partial charge in [-0.25, -0.2) is 4.79 Å². The molecule has 0 radical (unpaired) electrons. The van der Waals surface area contributed by atoms with Gasteiger partial charge in [-0.3, -0.25) is 24.2 Å². The van der Waals surface area contributed by atoms with Gasteiger partial charge in [0.15, 0.2) is 5.96 Å². The number of hydrogen-bond acceptors (Lipinski definition) is 8. The topological polar surface area (TPSA) is 284 Å². The maximum atomic E-state index is 13.1. The van der Waals surface area contributed by atoms with Gasteiger partial charge >= 0.3 is 5.97 Å². The predicted octanol–water partition coefficient (Wildman–Crippen LogP) is -3.04. The molecule has 0 fully saturated rings. The van der Waals surface area contributed by atoms with Gasteiger partial charge in [-0.15, -0.1) is 0 Å². The van der Waals surface area contributed by atoms with E-state index in [2.05, 4.69) is 20.9 Å². The van der Waals surface area contributed by atoms with E-state index in [4.69, 9.17) is 28.7 Å². The number of primary amides is 1. The molecule has 0 spiro atoms. The highest BCUT2D eigenvalue weighted by Crippen LogP contribution is 2.10. The first-order chi connectivity index (χ1) is 17.3. The first-order valence-electron chi connectivity index (χ1n) is 12.3. The van der Waals surface area contributed by atoms with Crippen LogP contribution in [0.5, 0.6) is 0 Å². The molecule has 0 aromatic rings. The SMILES string of the molecule is CCC(C)C(NC(=O)C(N)CCCN=C(N)N)C(=O)NC(CC(N)=O)C(=O)NC(CCCCN)C(=O)O. The Balaban J connectivity index is 5.44. The molecule has 0 saturated heterocycles. The van der Waals surface area contributed by atoms with Crippen molar-refractivity contribution in [3.63, 3.8) is 0 Å². The third-order valence-electron chi connectivity index (χ3n) is 5.70. The largest absolute Gasteiger partial charge is 0.480 e. The zero-order valence-corrected chi connectivity index (χ0v) is 21.6. The number of nitrogens with one attached hydrogen (secondary N) is 3. The number of carboxylic acids is 1. The van der Waals surface area contributed by atoms with E-state index < -0.39 is 60.2 Å². The van der Waals surface area contributed by atoms with E-state index in [1.807, 2.05) is 0 Å². The second-order valence-electron chi connectivity index (χ2n) is 8.84. The minimum Gasteiger partial charge on any atom is -0.480 e. The van der Waals surface area contributed by atoms with Crippen LogP contribution < -0.4 is 44.6 Å². The first kappa shape index (κ1) is 33.5. The maximum absolute atomic E-state index is 13.1. The maximum Gasteiger partial charge on any atom is 0.326 e. The number of hydrogen-bond donors (Lipinski definition) is 9. The third-order valence-corrected chi connectivity index (χ3v) is 5.70. The molecule has 0 saturated carbocycles. The lowest BCUT2D eigenvalue weighted by atomic mass is 9.97. The second-order valence-corrected chi connectivity index (χ2v) is 8.84. The number of rotatable bonds is 19. The molecular weight excluding hydrogens is 486 g/mol. The zero-order chi connectivity index (χ0) is 28.5. The molecular formula is C22H43N9O6. The van der Waals surface area contributed by atoms with Gasteiger partial charge in [0, 0.05) is 6.54 Å². The summed E-state index contributed by atoms with van der Waals surface area (Å²) in [6, 6.07) is -4.71. The van der Waals surface area contributed by atoms with Crippen LogP contribution in [0.15, 0.2) is 4.99 Å². The van der Waals surface area contributed by atoms with Crippen LogP contribution in [0.1, 0.15) is 58.8 Å². The van der Waals surface area contributed by atoms with E-state index in [-0.39, 0.29) is 31.3 Å². The van der Waals surface area contributed by atoms with E-state index in [1.165, 1.54) is 0 Å². The highest BCUT2D eigenvalue weighted by Gasteiger charge is 2.33. The highest BCUT2D eigenvalue weighted by molar-refractivity contribution is 5.96. The molecule has 0 heterocycles. The normalized spacial score (nSPS) is 14.8. The summed E-state index contributed by atoms with van der Waals surface area (Å²) in [7, 11) is 0. The number of aliphatic carboxylic acids is 1. The van der Waals surface area contributed by atoms with Crippen molar-refractivity contribution in [2.24, 2.45) is 39.6 Å². The van der Waals surface area contributed by atoms with Gasteiger partial charge in [-0.2, -0.15) is 0 Å². The molecule has 4 amide bonds. The summed E-state index contributed by atoms with van der Waals surface area (Å²) in [6.45, 7) is 4.17. The number of carbonyl (C=O) groups excluding carboxylic acids is 4. The lowest BCUT2D eigenvalue weighted by molar-refractivity contribution is -0.142. The molecule has 14 N–H and O–H groups in total. The number of guanidine groups is 1. The lowest BCUT2D eigenvalue weighted by Crippen LogP contribution is -2.59. The number of unbranched alkanes of at least 4 members (excludes halogenated alkanes) is 1. The summed E-state index contributed by atoms with van der Waals surface area (Å²) in [5.41, 5.74) is 27.1. The van der Waals surface area contributed by atoms with Crippen LogP contribution in [0.4, 0.5) is 0 Å². The van der Waals surface area contributed by atoms with Crippen LogP contribution in [0.3, 0.4) is 0 Å². The Morgan fingerprint density at radius 1 is 0.865 bits per heavy atom. The van der Waals surface area contributed by atoms with Gasteiger partial charge in [-0.1, -0.05) is 20.3 Å². The Bertz CT molecular complexity index is 804. The summed E-state index contributed by atoms with van der Waals surface area (Å²) in [5, 5.41) is 16.7. The summed E-state index contributed by atoms with van der Waals surface area (Å²) in [5.74, 6) is -4.82. The predicted molar refractivity (Wildman–Crippen MR) is 137 cm³/mol. The number of aliphatic imine (C=N–C) groups is 1. The number of carboxylic acid groups (broad SMARTS) is 1. The smallest absolute Gasteiger partial charge is 0.326 e. The highest BCUT2D eigenvalue weighted by atomic mass is 16.4. The quantitative estimate of drug-likeness (QED) is 0.0463. The molecule has 212 valence electrons. The standard InChI is InChI=1S/C22H43N9O6/c1-3-12(2)17(31-18(33)13(24)7-6-10-28-22(26)27)20(35)30-15(11-16(25)32)19(34)29-14(21(36)37)8-4-5-9-23/h12-15,17H,3-11,23-24H2,1-2H3,(H2,25,32)(H,29,34)(H,30,35)(H,31,33)(H,36,37)(H4,26,27,28). The molecule has 0 aliphatic carbocycles. The fraction of sp³-hybridized carbons (Fsp3) is 0.727. The fourth-order valence-corrected chi connectivity index (χ4v) is 3.31. The van der Waals surface area contributed by atoms with E-state index in [9.17, 15) is 29.1 Å². The average Bonchev–Trinajstić information content (AvgIpc) is 2.82. The molecule has 5 unspecified atom stereocenters. The number of nitrogens with zero attached hydrogens (tertiary/aromatic N) is 1. The van der Waals surface area contributed by atoms with Crippen LogP contribution in [0.25, 0.3) is 0 Å². The molecule has 0 bridgehead atoms. The fourth-order valence-electron chi connectivity index (χ4n) is 3.31. The Morgan fingerprint density at radius 2 is 1.49 bits per heavy atom. The summed E-state index contributed by atoms with van der Waals surface area (Å²) in [6.07, 6.45) is 1.74. The van der Waals surface area contributed by atoms with E-state index in [1.54, 1.807) is 13.8 Å². The van der Waals surface area contributed by atoms with Crippen molar-refractivity contribution in [1.29, 1.82) is 0 Å². The van der Waals surface area contributed by atoms with Crippen molar-refractivity contribution in [2.75, 3.05) is 13.1 Å². The molecule has 15 nitrogen and oxygen atoms in total. The van der Waals surface area contributed by atoms with Gasteiger partial charge in [0.1, 0.15) is 18.1 Å². The number of carbonyl (C=O) groups is 5. The Morgan fingerprint density at radius 3 is 2.00 bits per heavy atom. The molecule has 0 aliphatic rings. The summed E-state index contributed by atoms with van der Waals surface area (Å²) < 4.78 is 0. The van der Waals surface area contributed by atoms with Crippen LogP contribution in [-0.4, -0.2) is 77.9 Å². The molecule has 15 heteroatoms. The van der Waals surface area contributed by atoms with Crippen LogP contribution in [0.2, 0.25) is 0 Å². The monoisotopic (exact) mass is 529 g/mol. The number of amides is 4. The van der Waals surface area contributed by atoms with Gasteiger partial charge in [-0.05, 0) is 44.6 Å². The zero-order valence-electron chi connectivity index (χ0n) is 21.6. The molecule has 5 atom stereocenters. The van der Waals surface area contributed by atoms with Crippen LogP contribution in [0, 0.1) is 5.92 Å². The van der Waals surface area contributed by atoms with E-state index in [0.717, 1.165) is 0 Å². The Labute approximate surface area is 216 Å². The third kappa shape index (κ3) is 14.0. The molecule has 0 aromatic heterocycles. The van der Waals surface area contributed by atoms with Gasteiger partial charge in [0.25, 0.3) is 0 Å². The van der Waals surface area contributed by atoms with Crippen molar-refractivity contribution < 1.29 is 29.1 Å². The molecule has 37 heavy (non-hydrogen) atoms. The first-order valence-corrected chi connectivity index (χ1v) is 12.3. The lowest BCUT2D eigenvalue weighted by Gasteiger charge is -2.27. The Kier molecular flexibility index (Phi) is 16.2. The molecule has 0 aromatic carbocycles. The molecule has 0 aliphatic heterocycles. The second kappa shape index (κ2) is 17.9. The Hall–Kier alpha value is -3.46.